The fraction of sp³-hybridized carbons (Fsp3) is 0.304. The molecule has 0 fully saturated rings. The molecule has 0 saturated heterocycles. The maximum atomic E-state index is 12.3. The number of hydrogen-bond acceptors (Lipinski definition) is 4. The summed E-state index contributed by atoms with van der Waals surface area (Å²) < 4.78 is 10.7. The van der Waals surface area contributed by atoms with Crippen LogP contribution in [0.3, 0.4) is 0 Å². The summed E-state index contributed by atoms with van der Waals surface area (Å²) in [6, 6.07) is 14.6. The highest BCUT2D eigenvalue weighted by atomic mass is 16.5. The largest absolute Gasteiger partial charge is 0.484 e. The Bertz CT molecular complexity index is 1070. The molecule has 0 saturated carbocycles. The summed E-state index contributed by atoms with van der Waals surface area (Å²) in [6.07, 6.45) is 4.76. The average molecular weight is 377 g/mol. The first-order valence-electron chi connectivity index (χ1n) is 9.66. The third kappa shape index (κ3) is 4.09. The van der Waals surface area contributed by atoms with Crippen molar-refractivity contribution in [3.63, 3.8) is 0 Å². The summed E-state index contributed by atoms with van der Waals surface area (Å²) in [6.45, 7) is 1.88. The molecule has 1 aliphatic rings. The molecule has 5 nitrogen and oxygen atoms in total. The van der Waals surface area contributed by atoms with Crippen molar-refractivity contribution in [3.05, 3.63) is 75.6 Å². The summed E-state index contributed by atoms with van der Waals surface area (Å²) in [4.78, 5) is 23.6. The maximum absolute atomic E-state index is 12.3. The quantitative estimate of drug-likeness (QED) is 0.684. The second-order valence-electron chi connectivity index (χ2n) is 7.27. The van der Waals surface area contributed by atoms with Gasteiger partial charge in [-0.15, -0.1) is 0 Å². The minimum absolute atomic E-state index is 0.0852. The number of hydrogen-bond donors (Lipinski definition) is 1. The van der Waals surface area contributed by atoms with Gasteiger partial charge in [-0.2, -0.15) is 0 Å². The van der Waals surface area contributed by atoms with Crippen LogP contribution in [0.25, 0.3) is 11.0 Å². The van der Waals surface area contributed by atoms with Gasteiger partial charge in [0.2, 0.25) is 0 Å². The monoisotopic (exact) mass is 377 g/mol. The van der Waals surface area contributed by atoms with E-state index in [0.29, 0.717) is 11.3 Å². The summed E-state index contributed by atoms with van der Waals surface area (Å²) in [7, 11) is 0. The Hall–Kier alpha value is -3.08. The van der Waals surface area contributed by atoms with E-state index in [-0.39, 0.29) is 18.6 Å². The van der Waals surface area contributed by atoms with Crippen LogP contribution < -0.4 is 15.7 Å². The Morgan fingerprint density at radius 1 is 1.07 bits per heavy atom. The van der Waals surface area contributed by atoms with Crippen molar-refractivity contribution in [2.75, 3.05) is 6.61 Å². The van der Waals surface area contributed by atoms with Gasteiger partial charge in [0, 0.05) is 17.5 Å². The fourth-order valence-electron chi connectivity index (χ4n) is 3.67. The Labute approximate surface area is 163 Å². The summed E-state index contributed by atoms with van der Waals surface area (Å²) in [5.74, 6) is 0.290. The van der Waals surface area contributed by atoms with Crippen LogP contribution in [-0.2, 0) is 17.6 Å². The summed E-state index contributed by atoms with van der Waals surface area (Å²) in [5, 5.41) is 3.79. The van der Waals surface area contributed by atoms with Gasteiger partial charge in [0.05, 0.1) is 6.04 Å². The van der Waals surface area contributed by atoms with Crippen molar-refractivity contribution in [1.29, 1.82) is 0 Å². The lowest BCUT2D eigenvalue weighted by molar-refractivity contribution is -0.123. The van der Waals surface area contributed by atoms with Gasteiger partial charge in [-0.1, -0.05) is 18.2 Å². The van der Waals surface area contributed by atoms with Gasteiger partial charge in [-0.25, -0.2) is 4.79 Å². The fourth-order valence-corrected chi connectivity index (χ4v) is 3.67. The number of carbonyl (C=O) groups excluding carboxylic acids is 1. The third-order valence-corrected chi connectivity index (χ3v) is 5.21. The minimum atomic E-state index is -0.415. The zero-order valence-corrected chi connectivity index (χ0v) is 15.9. The van der Waals surface area contributed by atoms with E-state index in [1.54, 1.807) is 24.3 Å². The molecular formula is C23H23NO4. The highest BCUT2D eigenvalue weighted by Gasteiger charge is 2.14. The molecule has 1 atom stereocenters. The molecular weight excluding hydrogens is 354 g/mol. The van der Waals surface area contributed by atoms with Crippen molar-refractivity contribution in [2.24, 2.45) is 0 Å². The van der Waals surface area contributed by atoms with Crippen molar-refractivity contribution < 1.29 is 13.9 Å². The smallest absolute Gasteiger partial charge is 0.336 e. The van der Waals surface area contributed by atoms with E-state index < -0.39 is 5.63 Å². The Morgan fingerprint density at radius 3 is 2.71 bits per heavy atom. The van der Waals surface area contributed by atoms with E-state index >= 15 is 0 Å². The SMILES string of the molecule is CC(NC(=O)COc1ccc2ccc(=O)oc2c1)c1ccc2c(c1)CCCC2. The lowest BCUT2D eigenvalue weighted by Crippen LogP contribution is -2.31. The Kier molecular flexibility index (Phi) is 5.15. The second-order valence-corrected chi connectivity index (χ2v) is 7.27. The molecule has 1 heterocycles. The predicted octanol–water partition coefficient (Wildman–Crippen LogP) is 3.93. The molecule has 1 aliphatic carbocycles. The highest BCUT2D eigenvalue weighted by molar-refractivity contribution is 5.79. The Morgan fingerprint density at radius 2 is 1.86 bits per heavy atom. The molecule has 1 unspecified atom stereocenters. The van der Waals surface area contributed by atoms with Gasteiger partial charge in [0.1, 0.15) is 11.3 Å². The summed E-state index contributed by atoms with van der Waals surface area (Å²) >= 11 is 0. The molecule has 28 heavy (non-hydrogen) atoms. The molecule has 0 aliphatic heterocycles. The predicted molar refractivity (Wildman–Crippen MR) is 108 cm³/mol. The van der Waals surface area contributed by atoms with E-state index in [0.717, 1.165) is 23.8 Å². The molecule has 1 amide bonds. The number of amides is 1. The number of nitrogens with one attached hydrogen (secondary N) is 1. The molecule has 5 heteroatoms. The van der Waals surface area contributed by atoms with Gasteiger partial charge in [0.25, 0.3) is 5.91 Å². The molecule has 1 aromatic heterocycles. The topological polar surface area (TPSA) is 68.5 Å². The van der Waals surface area contributed by atoms with Gasteiger partial charge in [0.15, 0.2) is 6.61 Å². The second kappa shape index (κ2) is 7.89. The molecule has 144 valence electrons. The van der Waals surface area contributed by atoms with E-state index in [4.69, 9.17) is 9.15 Å². The summed E-state index contributed by atoms with van der Waals surface area (Å²) in [5.41, 5.74) is 3.97. The number of rotatable bonds is 5. The first kappa shape index (κ1) is 18.3. The number of benzene rings is 2. The number of fused-ring (bicyclic) bond motifs is 2. The van der Waals surface area contributed by atoms with Crippen molar-refractivity contribution in [2.45, 2.75) is 38.6 Å². The van der Waals surface area contributed by atoms with Gasteiger partial charge in [-0.3, -0.25) is 4.79 Å². The van der Waals surface area contributed by atoms with E-state index in [1.807, 2.05) is 6.92 Å². The van der Waals surface area contributed by atoms with Crippen LogP contribution in [0.2, 0.25) is 0 Å². The first-order chi connectivity index (χ1) is 13.6. The first-order valence-corrected chi connectivity index (χ1v) is 9.66. The standard InChI is InChI=1S/C23H23NO4/c1-15(18-7-6-16-4-2-3-5-19(16)12-18)24-22(25)14-27-20-10-8-17-9-11-23(26)28-21(17)13-20/h6-13,15H,2-5,14H2,1H3,(H,24,25). The van der Waals surface area contributed by atoms with Crippen LogP contribution >= 0.6 is 0 Å². The number of carbonyl (C=O) groups is 1. The van der Waals surface area contributed by atoms with Crippen molar-refractivity contribution >= 4 is 16.9 Å². The minimum Gasteiger partial charge on any atom is -0.484 e. The van der Waals surface area contributed by atoms with Gasteiger partial charge < -0.3 is 14.5 Å². The van der Waals surface area contributed by atoms with Crippen LogP contribution in [-0.4, -0.2) is 12.5 Å². The normalized spacial score (nSPS) is 14.3. The van der Waals surface area contributed by atoms with Crippen LogP contribution in [0.5, 0.6) is 5.75 Å². The van der Waals surface area contributed by atoms with E-state index in [2.05, 4.69) is 23.5 Å². The van der Waals surface area contributed by atoms with Crippen molar-refractivity contribution in [1.82, 2.24) is 5.32 Å². The van der Waals surface area contributed by atoms with Gasteiger partial charge >= 0.3 is 5.63 Å². The molecule has 2 aromatic carbocycles. The zero-order chi connectivity index (χ0) is 19.5. The molecule has 1 N–H and O–H groups in total. The van der Waals surface area contributed by atoms with Gasteiger partial charge in [-0.05, 0) is 67.5 Å². The third-order valence-electron chi connectivity index (χ3n) is 5.21. The van der Waals surface area contributed by atoms with Crippen LogP contribution in [0.1, 0.15) is 42.5 Å². The zero-order valence-electron chi connectivity index (χ0n) is 15.9. The molecule has 0 spiro atoms. The lowest BCUT2D eigenvalue weighted by atomic mass is 9.89. The highest BCUT2D eigenvalue weighted by Crippen LogP contribution is 2.25. The number of ether oxygens (including phenoxy) is 1. The lowest BCUT2D eigenvalue weighted by Gasteiger charge is -2.20. The van der Waals surface area contributed by atoms with Crippen LogP contribution in [0.4, 0.5) is 0 Å². The van der Waals surface area contributed by atoms with E-state index in [1.165, 1.54) is 30.0 Å². The van der Waals surface area contributed by atoms with Crippen LogP contribution in [0, 0.1) is 0 Å². The van der Waals surface area contributed by atoms with Crippen LogP contribution in [0.15, 0.2) is 57.7 Å². The molecule has 0 bridgehead atoms. The molecule has 0 radical (unpaired) electrons. The maximum Gasteiger partial charge on any atom is 0.336 e. The Balaban J connectivity index is 1.37. The molecule has 4 rings (SSSR count). The van der Waals surface area contributed by atoms with E-state index in [9.17, 15) is 9.59 Å². The van der Waals surface area contributed by atoms with Crippen molar-refractivity contribution in [3.8, 4) is 5.75 Å². The average Bonchev–Trinajstić information content (AvgIpc) is 2.71. The molecule has 3 aromatic rings. The number of aryl methyl sites for hydroxylation is 2.